The predicted molar refractivity (Wildman–Crippen MR) is 81.5 cm³/mol. The lowest BCUT2D eigenvalue weighted by molar-refractivity contribution is 0.0947. The Hall–Kier alpha value is -2.40. The average Bonchev–Trinajstić information content (AvgIpc) is 2.46. The first-order valence-corrected chi connectivity index (χ1v) is 6.43. The van der Waals surface area contributed by atoms with Gasteiger partial charge in [-0.15, -0.1) is 0 Å². The molecule has 0 bridgehead atoms. The van der Waals surface area contributed by atoms with Crippen molar-refractivity contribution in [2.45, 2.75) is 6.04 Å². The molecule has 2 rings (SSSR count). The van der Waals surface area contributed by atoms with Crippen LogP contribution in [-0.2, 0) is 0 Å². The number of nitrogens with two attached hydrogens (primary N) is 1. The molecule has 0 fully saturated rings. The van der Waals surface area contributed by atoms with Gasteiger partial charge in [0.2, 0.25) is 0 Å². The fourth-order valence-corrected chi connectivity index (χ4v) is 1.99. The highest BCUT2D eigenvalue weighted by Crippen LogP contribution is 2.15. The van der Waals surface area contributed by atoms with Crippen LogP contribution in [0.4, 0.5) is 0 Å². The molecule has 0 saturated carbocycles. The summed E-state index contributed by atoms with van der Waals surface area (Å²) in [4.78, 5) is 12.3. The highest BCUT2D eigenvalue weighted by Gasteiger charge is 2.17. The summed E-state index contributed by atoms with van der Waals surface area (Å²) in [5.41, 5.74) is 6.95. The number of phenols is 1. The van der Waals surface area contributed by atoms with Gasteiger partial charge in [-0.25, -0.2) is 0 Å². The van der Waals surface area contributed by atoms with Gasteiger partial charge in [0, 0.05) is 5.56 Å². The third-order valence-corrected chi connectivity index (χ3v) is 3.06. The number of hydrogen-bond acceptors (Lipinski definition) is 3. The molecule has 20 heavy (non-hydrogen) atoms. The van der Waals surface area contributed by atoms with Gasteiger partial charge in [-0.05, 0) is 29.8 Å². The normalized spacial score (nSPS) is 11.6. The van der Waals surface area contributed by atoms with Crippen LogP contribution in [-0.4, -0.2) is 16.0 Å². The monoisotopic (exact) mass is 286 g/mol. The van der Waals surface area contributed by atoms with E-state index in [9.17, 15) is 9.90 Å². The lowest BCUT2D eigenvalue weighted by Crippen LogP contribution is -2.36. The van der Waals surface area contributed by atoms with Crippen molar-refractivity contribution in [1.82, 2.24) is 5.32 Å². The van der Waals surface area contributed by atoms with E-state index in [-0.39, 0.29) is 16.6 Å². The molecule has 1 unspecified atom stereocenters. The number of carbonyl (C=O) groups excluding carboxylic acids is 1. The van der Waals surface area contributed by atoms with E-state index in [1.165, 1.54) is 24.3 Å². The van der Waals surface area contributed by atoms with E-state index >= 15 is 0 Å². The summed E-state index contributed by atoms with van der Waals surface area (Å²) < 4.78 is 0. The first-order valence-electron chi connectivity index (χ1n) is 6.02. The molecule has 4 nitrogen and oxygen atoms in total. The zero-order chi connectivity index (χ0) is 14.5. The van der Waals surface area contributed by atoms with Crippen LogP contribution in [0.3, 0.4) is 0 Å². The minimum atomic E-state index is -0.521. The molecular weight excluding hydrogens is 272 g/mol. The summed E-state index contributed by atoms with van der Waals surface area (Å²) >= 11 is 5.01. The second-order valence-corrected chi connectivity index (χ2v) is 4.74. The standard InChI is InChI=1S/C15H14N2O2S/c16-14(20)13(10-4-2-1-3-5-10)17-15(19)11-6-8-12(18)9-7-11/h1-9,13,18H,(H2,16,20)(H,17,19). The zero-order valence-electron chi connectivity index (χ0n) is 10.6. The second-order valence-electron chi connectivity index (χ2n) is 4.27. The van der Waals surface area contributed by atoms with Crippen LogP contribution < -0.4 is 11.1 Å². The molecule has 1 atom stereocenters. The predicted octanol–water partition coefficient (Wildman–Crippen LogP) is 2.15. The Morgan fingerprint density at radius 2 is 1.70 bits per heavy atom. The third-order valence-electron chi connectivity index (χ3n) is 2.82. The van der Waals surface area contributed by atoms with E-state index in [4.69, 9.17) is 18.0 Å². The Morgan fingerprint density at radius 1 is 1.10 bits per heavy atom. The Bertz CT molecular complexity index is 612. The maximum atomic E-state index is 12.1. The Kier molecular flexibility index (Phi) is 4.32. The van der Waals surface area contributed by atoms with Gasteiger partial charge < -0.3 is 16.2 Å². The molecule has 0 aliphatic carbocycles. The van der Waals surface area contributed by atoms with Gasteiger partial charge in [-0.1, -0.05) is 42.5 Å². The molecule has 102 valence electrons. The van der Waals surface area contributed by atoms with Crippen LogP contribution in [0.1, 0.15) is 22.0 Å². The fraction of sp³-hybridized carbons (Fsp3) is 0.0667. The molecule has 0 aromatic heterocycles. The summed E-state index contributed by atoms with van der Waals surface area (Å²) in [7, 11) is 0. The van der Waals surface area contributed by atoms with Gasteiger partial charge in [-0.2, -0.15) is 0 Å². The summed E-state index contributed by atoms with van der Waals surface area (Å²) in [6.07, 6.45) is 0. The SMILES string of the molecule is NC(=S)C(NC(=O)c1ccc(O)cc1)c1ccccc1. The maximum absolute atomic E-state index is 12.1. The minimum Gasteiger partial charge on any atom is -0.508 e. The van der Waals surface area contributed by atoms with Crippen molar-refractivity contribution in [2.24, 2.45) is 5.73 Å². The molecule has 0 heterocycles. The number of benzene rings is 2. The lowest BCUT2D eigenvalue weighted by Gasteiger charge is -2.18. The van der Waals surface area contributed by atoms with Crippen LogP contribution in [0, 0.1) is 0 Å². The average molecular weight is 286 g/mol. The number of carbonyl (C=O) groups is 1. The van der Waals surface area contributed by atoms with E-state index in [1.54, 1.807) is 0 Å². The molecule has 0 aliphatic rings. The van der Waals surface area contributed by atoms with Crippen LogP contribution in [0.25, 0.3) is 0 Å². The van der Waals surface area contributed by atoms with Crippen molar-refractivity contribution in [1.29, 1.82) is 0 Å². The molecule has 0 spiro atoms. The molecule has 2 aromatic carbocycles. The van der Waals surface area contributed by atoms with Crippen molar-refractivity contribution >= 4 is 23.1 Å². The van der Waals surface area contributed by atoms with Crippen LogP contribution >= 0.6 is 12.2 Å². The second kappa shape index (κ2) is 6.16. The number of thiocarbonyl (C=S) groups is 1. The minimum absolute atomic E-state index is 0.107. The Balaban J connectivity index is 2.19. The van der Waals surface area contributed by atoms with Crippen molar-refractivity contribution in [2.75, 3.05) is 0 Å². The number of rotatable bonds is 4. The number of amides is 1. The van der Waals surface area contributed by atoms with Gasteiger partial charge in [-0.3, -0.25) is 4.79 Å². The topological polar surface area (TPSA) is 75.3 Å². The molecule has 1 amide bonds. The van der Waals surface area contributed by atoms with Gasteiger partial charge in [0.1, 0.15) is 16.8 Å². The van der Waals surface area contributed by atoms with E-state index in [2.05, 4.69) is 5.32 Å². The van der Waals surface area contributed by atoms with Crippen molar-refractivity contribution in [3.05, 3.63) is 65.7 Å². The van der Waals surface area contributed by atoms with E-state index in [0.717, 1.165) is 5.56 Å². The molecule has 0 saturated heterocycles. The first-order chi connectivity index (χ1) is 9.58. The van der Waals surface area contributed by atoms with E-state index < -0.39 is 6.04 Å². The van der Waals surface area contributed by atoms with E-state index in [1.807, 2.05) is 30.3 Å². The fourth-order valence-electron chi connectivity index (χ4n) is 1.79. The quantitative estimate of drug-likeness (QED) is 0.753. The molecule has 0 aliphatic heterocycles. The number of hydrogen-bond donors (Lipinski definition) is 3. The smallest absolute Gasteiger partial charge is 0.252 e. The largest absolute Gasteiger partial charge is 0.508 e. The number of aromatic hydroxyl groups is 1. The highest BCUT2D eigenvalue weighted by molar-refractivity contribution is 7.80. The van der Waals surface area contributed by atoms with Gasteiger partial charge in [0.05, 0.1) is 0 Å². The molecule has 2 aromatic rings. The molecule has 0 radical (unpaired) electrons. The van der Waals surface area contributed by atoms with Crippen molar-refractivity contribution in [3.63, 3.8) is 0 Å². The lowest BCUT2D eigenvalue weighted by atomic mass is 10.1. The van der Waals surface area contributed by atoms with Crippen molar-refractivity contribution in [3.8, 4) is 5.75 Å². The van der Waals surface area contributed by atoms with Crippen LogP contribution in [0.2, 0.25) is 0 Å². The first kappa shape index (κ1) is 14.0. The highest BCUT2D eigenvalue weighted by atomic mass is 32.1. The molecular formula is C15H14N2O2S. The van der Waals surface area contributed by atoms with Crippen LogP contribution in [0.5, 0.6) is 5.75 Å². The molecule has 4 N–H and O–H groups in total. The summed E-state index contributed by atoms with van der Waals surface area (Å²) in [6.45, 7) is 0. The summed E-state index contributed by atoms with van der Waals surface area (Å²) in [5.74, 6) is -0.192. The number of phenolic OH excluding ortho intramolecular Hbond substituents is 1. The summed E-state index contributed by atoms with van der Waals surface area (Å²) in [5, 5.41) is 12.0. The van der Waals surface area contributed by atoms with Gasteiger partial charge >= 0.3 is 0 Å². The maximum Gasteiger partial charge on any atom is 0.252 e. The Morgan fingerprint density at radius 3 is 2.25 bits per heavy atom. The number of nitrogens with one attached hydrogen (secondary N) is 1. The zero-order valence-corrected chi connectivity index (χ0v) is 11.4. The van der Waals surface area contributed by atoms with Crippen molar-refractivity contribution < 1.29 is 9.90 Å². The Labute approximate surface area is 122 Å². The van der Waals surface area contributed by atoms with E-state index in [0.29, 0.717) is 5.56 Å². The third kappa shape index (κ3) is 3.33. The van der Waals surface area contributed by atoms with Gasteiger partial charge in [0.15, 0.2) is 0 Å². The molecule has 5 heteroatoms. The summed E-state index contributed by atoms with van der Waals surface area (Å²) in [6, 6.07) is 14.7. The van der Waals surface area contributed by atoms with Gasteiger partial charge in [0.25, 0.3) is 5.91 Å². The van der Waals surface area contributed by atoms with Crippen LogP contribution in [0.15, 0.2) is 54.6 Å².